The monoisotopic (exact) mass is 309 g/mol. The van der Waals surface area contributed by atoms with Crippen LogP contribution in [0.4, 0.5) is 14.5 Å². The van der Waals surface area contributed by atoms with E-state index in [0.717, 1.165) is 0 Å². The smallest absolute Gasteiger partial charge is 0.337 e. The fourth-order valence-corrected chi connectivity index (χ4v) is 2.52. The standard InChI is InChI=1S/C11H13F2NO5S/c1-19-3-2-4-20(17,18)14-10-6-9(13)8(12)5-7(10)11(15)16/h5-6,14H,2-4H2,1H3,(H,15,16). The second-order valence-corrected chi connectivity index (χ2v) is 5.73. The molecule has 0 aromatic heterocycles. The molecular formula is C11H13F2NO5S. The van der Waals surface area contributed by atoms with Gasteiger partial charge in [-0.15, -0.1) is 0 Å². The molecule has 2 N–H and O–H groups in total. The number of aromatic carboxylic acids is 1. The van der Waals surface area contributed by atoms with Gasteiger partial charge in [-0.1, -0.05) is 0 Å². The van der Waals surface area contributed by atoms with Crippen molar-refractivity contribution in [3.05, 3.63) is 29.3 Å². The zero-order valence-electron chi connectivity index (χ0n) is 10.5. The van der Waals surface area contributed by atoms with Gasteiger partial charge >= 0.3 is 5.97 Å². The molecule has 0 saturated carbocycles. The van der Waals surface area contributed by atoms with Crippen LogP contribution in [-0.2, 0) is 14.8 Å². The van der Waals surface area contributed by atoms with Gasteiger partial charge in [0.1, 0.15) is 0 Å². The Kier molecular flexibility index (Phi) is 5.40. The number of carbonyl (C=O) groups is 1. The number of benzene rings is 1. The van der Waals surface area contributed by atoms with Crippen LogP contribution in [0.2, 0.25) is 0 Å². The normalized spacial score (nSPS) is 11.3. The number of rotatable bonds is 7. The summed E-state index contributed by atoms with van der Waals surface area (Å²) in [4.78, 5) is 10.9. The Balaban J connectivity index is 3.02. The van der Waals surface area contributed by atoms with Crippen molar-refractivity contribution < 1.29 is 31.8 Å². The van der Waals surface area contributed by atoms with Crippen LogP contribution in [0.5, 0.6) is 0 Å². The zero-order chi connectivity index (χ0) is 15.3. The van der Waals surface area contributed by atoms with Gasteiger partial charge in [0.25, 0.3) is 0 Å². The number of anilines is 1. The lowest BCUT2D eigenvalue weighted by Gasteiger charge is -2.11. The van der Waals surface area contributed by atoms with E-state index in [1.54, 1.807) is 0 Å². The maximum absolute atomic E-state index is 13.1. The molecule has 0 aliphatic carbocycles. The first kappa shape index (κ1) is 16.3. The summed E-state index contributed by atoms with van der Waals surface area (Å²) in [5, 5.41) is 8.85. The molecule has 0 atom stereocenters. The van der Waals surface area contributed by atoms with Crippen LogP contribution in [0.1, 0.15) is 16.8 Å². The lowest BCUT2D eigenvalue weighted by atomic mass is 10.2. The molecule has 112 valence electrons. The minimum atomic E-state index is -3.87. The molecule has 0 unspecified atom stereocenters. The van der Waals surface area contributed by atoms with Crippen molar-refractivity contribution in [2.75, 3.05) is 24.2 Å². The predicted octanol–water partition coefficient (Wildman–Crippen LogP) is 1.44. The molecule has 6 nitrogen and oxygen atoms in total. The third kappa shape index (κ3) is 4.42. The summed E-state index contributed by atoms with van der Waals surface area (Å²) in [6.07, 6.45) is 0.178. The minimum Gasteiger partial charge on any atom is -0.478 e. The van der Waals surface area contributed by atoms with Crippen molar-refractivity contribution in [1.82, 2.24) is 0 Å². The fraction of sp³-hybridized carbons (Fsp3) is 0.364. The van der Waals surface area contributed by atoms with Gasteiger partial charge in [-0.3, -0.25) is 4.72 Å². The average molecular weight is 309 g/mol. The molecular weight excluding hydrogens is 296 g/mol. The third-order valence-corrected chi connectivity index (χ3v) is 3.67. The molecule has 1 rings (SSSR count). The van der Waals surface area contributed by atoms with Gasteiger partial charge in [0.05, 0.1) is 17.0 Å². The van der Waals surface area contributed by atoms with Crippen molar-refractivity contribution in [3.8, 4) is 0 Å². The number of sulfonamides is 1. The average Bonchev–Trinajstić information content (AvgIpc) is 2.33. The first-order valence-electron chi connectivity index (χ1n) is 5.48. The number of methoxy groups -OCH3 is 1. The van der Waals surface area contributed by atoms with Gasteiger partial charge in [-0.05, 0) is 12.5 Å². The number of hydrogen-bond acceptors (Lipinski definition) is 4. The van der Waals surface area contributed by atoms with Crippen LogP contribution < -0.4 is 4.72 Å². The molecule has 0 spiro atoms. The van der Waals surface area contributed by atoms with E-state index in [2.05, 4.69) is 4.74 Å². The molecule has 0 saturated heterocycles. The van der Waals surface area contributed by atoms with E-state index < -0.39 is 38.9 Å². The van der Waals surface area contributed by atoms with Crippen LogP contribution in [-0.4, -0.2) is 39.0 Å². The van der Waals surface area contributed by atoms with Gasteiger partial charge in [-0.25, -0.2) is 22.0 Å². The maximum Gasteiger partial charge on any atom is 0.337 e. The third-order valence-electron chi connectivity index (χ3n) is 2.32. The van der Waals surface area contributed by atoms with Crippen molar-refractivity contribution in [1.29, 1.82) is 0 Å². The number of ether oxygens (including phenoxy) is 1. The SMILES string of the molecule is COCCCS(=O)(=O)Nc1cc(F)c(F)cc1C(=O)O. The Bertz CT molecular complexity index is 603. The second-order valence-electron chi connectivity index (χ2n) is 3.88. The van der Waals surface area contributed by atoms with Crippen LogP contribution in [0.15, 0.2) is 12.1 Å². The van der Waals surface area contributed by atoms with Crippen LogP contribution >= 0.6 is 0 Å². The topological polar surface area (TPSA) is 92.7 Å². The molecule has 0 fully saturated rings. The van der Waals surface area contributed by atoms with Gasteiger partial charge in [0.15, 0.2) is 11.6 Å². The summed E-state index contributed by atoms with van der Waals surface area (Å²) in [5.74, 6) is -4.62. The molecule has 0 aliphatic rings. The van der Waals surface area contributed by atoms with Crippen molar-refractivity contribution in [2.24, 2.45) is 0 Å². The number of hydrogen-bond donors (Lipinski definition) is 2. The predicted molar refractivity (Wildman–Crippen MR) is 67.2 cm³/mol. The Morgan fingerprint density at radius 3 is 2.50 bits per heavy atom. The quantitative estimate of drug-likeness (QED) is 0.744. The first-order chi connectivity index (χ1) is 9.26. The van der Waals surface area contributed by atoms with Gasteiger partial charge < -0.3 is 9.84 Å². The minimum absolute atomic E-state index is 0.178. The summed E-state index contributed by atoms with van der Waals surface area (Å²) in [6, 6.07) is 0.914. The zero-order valence-corrected chi connectivity index (χ0v) is 11.3. The summed E-state index contributed by atoms with van der Waals surface area (Å²) >= 11 is 0. The van der Waals surface area contributed by atoms with Crippen LogP contribution in [0, 0.1) is 11.6 Å². The van der Waals surface area contributed by atoms with E-state index in [-0.39, 0.29) is 18.8 Å². The molecule has 0 aliphatic heterocycles. The van der Waals surface area contributed by atoms with Gasteiger partial charge in [-0.2, -0.15) is 0 Å². The highest BCUT2D eigenvalue weighted by molar-refractivity contribution is 7.92. The van der Waals surface area contributed by atoms with Crippen LogP contribution in [0.25, 0.3) is 0 Å². The molecule has 0 bridgehead atoms. The number of carboxylic acids is 1. The van der Waals surface area contributed by atoms with Gasteiger partial charge in [0, 0.05) is 19.8 Å². The molecule has 9 heteroatoms. The van der Waals surface area contributed by atoms with Crippen LogP contribution in [0.3, 0.4) is 0 Å². The van der Waals surface area contributed by atoms with E-state index in [1.807, 2.05) is 4.72 Å². The van der Waals surface area contributed by atoms with Crippen molar-refractivity contribution in [2.45, 2.75) is 6.42 Å². The summed E-state index contributed by atoms with van der Waals surface area (Å²) < 4.78 is 56.0. The van der Waals surface area contributed by atoms with E-state index in [0.29, 0.717) is 12.1 Å². The Hall–Kier alpha value is -1.74. The van der Waals surface area contributed by atoms with Crippen molar-refractivity contribution >= 4 is 21.7 Å². The van der Waals surface area contributed by atoms with E-state index in [4.69, 9.17) is 5.11 Å². The molecule has 0 radical (unpaired) electrons. The largest absolute Gasteiger partial charge is 0.478 e. The fourth-order valence-electron chi connectivity index (χ4n) is 1.42. The number of halogens is 2. The maximum atomic E-state index is 13.1. The van der Waals surface area contributed by atoms with E-state index in [9.17, 15) is 22.0 Å². The second kappa shape index (κ2) is 6.62. The lowest BCUT2D eigenvalue weighted by molar-refractivity contribution is 0.0697. The van der Waals surface area contributed by atoms with E-state index in [1.165, 1.54) is 7.11 Å². The highest BCUT2D eigenvalue weighted by atomic mass is 32.2. The molecule has 0 heterocycles. The van der Waals surface area contributed by atoms with Crippen molar-refractivity contribution in [3.63, 3.8) is 0 Å². The summed E-state index contributed by atoms with van der Waals surface area (Å²) in [5.41, 5.74) is -1.19. The molecule has 0 amide bonds. The molecule has 20 heavy (non-hydrogen) atoms. The Labute approximate surface area is 114 Å². The Morgan fingerprint density at radius 2 is 1.95 bits per heavy atom. The number of nitrogens with one attached hydrogen (secondary N) is 1. The molecule has 1 aromatic rings. The van der Waals surface area contributed by atoms with Gasteiger partial charge in [0.2, 0.25) is 10.0 Å². The Morgan fingerprint density at radius 1 is 1.35 bits per heavy atom. The number of carboxylic acid groups (broad SMARTS) is 1. The molecule has 1 aromatic carbocycles. The first-order valence-corrected chi connectivity index (χ1v) is 7.14. The lowest BCUT2D eigenvalue weighted by Crippen LogP contribution is -2.20. The highest BCUT2D eigenvalue weighted by Crippen LogP contribution is 2.21. The van der Waals surface area contributed by atoms with E-state index >= 15 is 0 Å². The summed E-state index contributed by atoms with van der Waals surface area (Å²) in [7, 11) is -2.47. The summed E-state index contributed by atoms with van der Waals surface area (Å²) in [6.45, 7) is 0.199. The highest BCUT2D eigenvalue weighted by Gasteiger charge is 2.19.